The highest BCUT2D eigenvalue weighted by molar-refractivity contribution is 5.51. The van der Waals surface area contributed by atoms with Crippen molar-refractivity contribution in [3.63, 3.8) is 0 Å². The summed E-state index contributed by atoms with van der Waals surface area (Å²) in [6.07, 6.45) is 7.49. The van der Waals surface area contributed by atoms with E-state index in [1.807, 2.05) is 0 Å². The Kier molecular flexibility index (Phi) is 5.64. The van der Waals surface area contributed by atoms with Crippen molar-refractivity contribution < 1.29 is 9.90 Å². The first-order valence-electron chi connectivity index (χ1n) is 4.46. The number of carbonyl (C=O) groups excluding carboxylic acids is 1. The van der Waals surface area contributed by atoms with Gasteiger partial charge in [0.25, 0.3) is 0 Å². The molecule has 70 valence electrons. The van der Waals surface area contributed by atoms with E-state index < -0.39 is 5.60 Å². The highest BCUT2D eigenvalue weighted by Gasteiger charge is 2.13. The fourth-order valence-electron chi connectivity index (χ4n) is 0.995. The maximum atomic E-state index is 9.97. The summed E-state index contributed by atoms with van der Waals surface area (Å²) in [5, 5.41) is 9.67. The lowest BCUT2D eigenvalue weighted by molar-refractivity contribution is -0.107. The smallest absolute Gasteiger partial charge is 0.123 e. The molecular formula is C10H18O2. The SMILES string of the molecule is CCCCC(C)(O)/C=C/CC=O. The molecule has 0 aliphatic rings. The Morgan fingerprint density at radius 1 is 1.50 bits per heavy atom. The maximum absolute atomic E-state index is 9.97. The van der Waals surface area contributed by atoms with Gasteiger partial charge in [-0.05, 0) is 13.3 Å². The summed E-state index contributed by atoms with van der Waals surface area (Å²) in [4.78, 5) is 9.97. The number of hydrogen-bond acceptors (Lipinski definition) is 2. The van der Waals surface area contributed by atoms with Crippen molar-refractivity contribution in [3.05, 3.63) is 12.2 Å². The average Bonchev–Trinajstić information content (AvgIpc) is 2.01. The molecule has 12 heavy (non-hydrogen) atoms. The Labute approximate surface area is 74.3 Å². The van der Waals surface area contributed by atoms with Gasteiger partial charge in [0, 0.05) is 6.42 Å². The number of hydrogen-bond donors (Lipinski definition) is 1. The van der Waals surface area contributed by atoms with Crippen LogP contribution >= 0.6 is 0 Å². The fourth-order valence-corrected chi connectivity index (χ4v) is 0.995. The second-order valence-electron chi connectivity index (χ2n) is 3.27. The van der Waals surface area contributed by atoms with Crippen LogP contribution in [0.25, 0.3) is 0 Å². The highest BCUT2D eigenvalue weighted by Crippen LogP contribution is 2.14. The quantitative estimate of drug-likeness (QED) is 0.489. The van der Waals surface area contributed by atoms with Gasteiger partial charge in [0.15, 0.2) is 0 Å². The number of allylic oxidation sites excluding steroid dienone is 1. The third-order valence-corrected chi connectivity index (χ3v) is 1.75. The van der Waals surface area contributed by atoms with Gasteiger partial charge in [-0.25, -0.2) is 0 Å². The monoisotopic (exact) mass is 170 g/mol. The molecule has 0 rings (SSSR count). The van der Waals surface area contributed by atoms with Crippen LogP contribution in [0.1, 0.15) is 39.5 Å². The summed E-state index contributed by atoms with van der Waals surface area (Å²) in [7, 11) is 0. The zero-order chi connectivity index (χ0) is 9.45. The van der Waals surface area contributed by atoms with Gasteiger partial charge in [-0.1, -0.05) is 31.9 Å². The van der Waals surface area contributed by atoms with Crippen molar-refractivity contribution in [2.24, 2.45) is 0 Å². The summed E-state index contributed by atoms with van der Waals surface area (Å²) < 4.78 is 0. The minimum absolute atomic E-state index is 0.391. The first kappa shape index (κ1) is 11.4. The second kappa shape index (κ2) is 5.95. The van der Waals surface area contributed by atoms with E-state index in [0.717, 1.165) is 25.5 Å². The molecule has 1 atom stereocenters. The lowest BCUT2D eigenvalue weighted by Crippen LogP contribution is -2.20. The lowest BCUT2D eigenvalue weighted by Gasteiger charge is -2.17. The zero-order valence-electron chi connectivity index (χ0n) is 7.92. The van der Waals surface area contributed by atoms with Crippen molar-refractivity contribution in [1.82, 2.24) is 0 Å². The molecule has 0 radical (unpaired) electrons. The number of carbonyl (C=O) groups is 1. The minimum atomic E-state index is -0.737. The van der Waals surface area contributed by atoms with Crippen molar-refractivity contribution in [1.29, 1.82) is 0 Å². The number of unbranched alkanes of at least 4 members (excludes halogenated alkanes) is 1. The van der Waals surface area contributed by atoms with E-state index in [9.17, 15) is 9.90 Å². The standard InChI is InChI=1S/C10H18O2/c1-3-4-7-10(2,12)8-5-6-9-11/h5,8-9,12H,3-4,6-7H2,1-2H3/b8-5+. The Bertz CT molecular complexity index is 148. The maximum Gasteiger partial charge on any atom is 0.123 e. The minimum Gasteiger partial charge on any atom is -0.386 e. The molecule has 2 nitrogen and oxygen atoms in total. The first-order chi connectivity index (χ1) is 5.62. The molecule has 0 bridgehead atoms. The van der Waals surface area contributed by atoms with Gasteiger partial charge in [0.2, 0.25) is 0 Å². The summed E-state index contributed by atoms with van der Waals surface area (Å²) in [6.45, 7) is 3.86. The van der Waals surface area contributed by atoms with Gasteiger partial charge in [0.05, 0.1) is 5.60 Å². The molecule has 0 aliphatic heterocycles. The second-order valence-corrected chi connectivity index (χ2v) is 3.27. The van der Waals surface area contributed by atoms with Gasteiger partial charge >= 0.3 is 0 Å². The van der Waals surface area contributed by atoms with Crippen molar-refractivity contribution >= 4 is 6.29 Å². The van der Waals surface area contributed by atoms with E-state index in [-0.39, 0.29) is 0 Å². The number of rotatable bonds is 6. The van der Waals surface area contributed by atoms with Crippen LogP contribution in [-0.4, -0.2) is 17.0 Å². The predicted molar refractivity (Wildman–Crippen MR) is 50.0 cm³/mol. The molecule has 1 N–H and O–H groups in total. The van der Waals surface area contributed by atoms with Crippen molar-refractivity contribution in [2.45, 2.75) is 45.1 Å². The molecule has 0 heterocycles. The Hall–Kier alpha value is -0.630. The van der Waals surface area contributed by atoms with Crippen LogP contribution in [0.2, 0.25) is 0 Å². The van der Waals surface area contributed by atoms with Crippen molar-refractivity contribution in [3.8, 4) is 0 Å². The van der Waals surface area contributed by atoms with E-state index >= 15 is 0 Å². The van der Waals surface area contributed by atoms with E-state index in [2.05, 4.69) is 6.92 Å². The lowest BCUT2D eigenvalue weighted by atomic mass is 9.98. The van der Waals surface area contributed by atoms with Gasteiger partial charge < -0.3 is 9.90 Å². The highest BCUT2D eigenvalue weighted by atomic mass is 16.3. The Morgan fingerprint density at radius 2 is 2.17 bits per heavy atom. The molecule has 0 fully saturated rings. The van der Waals surface area contributed by atoms with E-state index in [1.165, 1.54) is 0 Å². The molecule has 0 spiro atoms. The number of aldehydes is 1. The van der Waals surface area contributed by atoms with Crippen LogP contribution in [0, 0.1) is 0 Å². The molecule has 0 saturated carbocycles. The van der Waals surface area contributed by atoms with Gasteiger partial charge in [0.1, 0.15) is 6.29 Å². The molecule has 0 amide bonds. The van der Waals surface area contributed by atoms with Crippen LogP contribution in [0.15, 0.2) is 12.2 Å². The molecule has 0 saturated heterocycles. The third-order valence-electron chi connectivity index (χ3n) is 1.75. The van der Waals surface area contributed by atoms with E-state index in [1.54, 1.807) is 19.1 Å². The summed E-state index contributed by atoms with van der Waals surface area (Å²) in [5.74, 6) is 0. The number of aliphatic hydroxyl groups is 1. The molecule has 0 aliphatic carbocycles. The normalized spacial score (nSPS) is 16.2. The van der Waals surface area contributed by atoms with Crippen LogP contribution < -0.4 is 0 Å². The van der Waals surface area contributed by atoms with Crippen LogP contribution in [0.5, 0.6) is 0 Å². The molecule has 1 unspecified atom stereocenters. The first-order valence-corrected chi connectivity index (χ1v) is 4.46. The van der Waals surface area contributed by atoms with Gasteiger partial charge in [-0.2, -0.15) is 0 Å². The Morgan fingerprint density at radius 3 is 2.67 bits per heavy atom. The average molecular weight is 170 g/mol. The molecule has 0 aromatic rings. The van der Waals surface area contributed by atoms with Crippen molar-refractivity contribution in [2.75, 3.05) is 0 Å². The topological polar surface area (TPSA) is 37.3 Å². The van der Waals surface area contributed by atoms with Crippen LogP contribution in [0.4, 0.5) is 0 Å². The fraction of sp³-hybridized carbons (Fsp3) is 0.700. The summed E-state index contributed by atoms with van der Waals surface area (Å²) in [5.41, 5.74) is -0.737. The third kappa shape index (κ3) is 6.10. The zero-order valence-corrected chi connectivity index (χ0v) is 7.92. The molecule has 2 heteroatoms. The summed E-state index contributed by atoms with van der Waals surface area (Å²) in [6, 6.07) is 0. The largest absolute Gasteiger partial charge is 0.386 e. The molecule has 0 aromatic carbocycles. The van der Waals surface area contributed by atoms with Crippen LogP contribution in [0.3, 0.4) is 0 Å². The van der Waals surface area contributed by atoms with E-state index in [4.69, 9.17) is 0 Å². The van der Waals surface area contributed by atoms with Gasteiger partial charge in [-0.15, -0.1) is 0 Å². The predicted octanol–water partition coefficient (Wildman–Crippen LogP) is 2.07. The van der Waals surface area contributed by atoms with E-state index in [0.29, 0.717) is 6.42 Å². The van der Waals surface area contributed by atoms with Crippen LogP contribution in [-0.2, 0) is 4.79 Å². The Balaban J connectivity index is 3.76. The summed E-state index contributed by atoms with van der Waals surface area (Å²) >= 11 is 0. The molecule has 0 aromatic heterocycles. The van der Waals surface area contributed by atoms with Gasteiger partial charge in [-0.3, -0.25) is 0 Å². The molecular weight excluding hydrogens is 152 g/mol.